The zero-order valence-electron chi connectivity index (χ0n) is 10.3. The van der Waals surface area contributed by atoms with Crippen molar-refractivity contribution in [2.24, 2.45) is 0 Å². The van der Waals surface area contributed by atoms with Crippen LogP contribution >= 0.6 is 8.53 Å². The molecule has 4 nitrogen and oxygen atoms in total. The van der Waals surface area contributed by atoms with Crippen molar-refractivity contribution in [1.29, 1.82) is 0 Å². The fraction of sp³-hybridized carbons (Fsp3) is 0.800. The van der Waals surface area contributed by atoms with Crippen molar-refractivity contribution in [3.63, 3.8) is 0 Å². The van der Waals surface area contributed by atoms with Crippen molar-refractivity contribution in [3.8, 4) is 0 Å². The number of hydrogen-bond donors (Lipinski definition) is 0. The molecule has 0 rings (SSSR count). The Morgan fingerprint density at radius 3 is 2.12 bits per heavy atom. The van der Waals surface area contributed by atoms with E-state index in [0.717, 1.165) is 0 Å². The quantitative estimate of drug-likeness (QED) is 0.363. The number of nitrogens with zero attached hydrogens (tertiary/aromatic N) is 2. The van der Waals surface area contributed by atoms with E-state index in [2.05, 4.69) is 44.3 Å². The van der Waals surface area contributed by atoms with E-state index < -0.39 is 8.53 Å². The largest absolute Gasteiger partial charge is 0.502 e. The van der Waals surface area contributed by atoms with Crippen molar-refractivity contribution in [2.45, 2.75) is 39.8 Å². The Balaban J connectivity index is 0. The summed E-state index contributed by atoms with van der Waals surface area (Å²) in [6.45, 7) is 15.8. The van der Waals surface area contributed by atoms with Gasteiger partial charge in [-0.05, 0) is 27.7 Å². The van der Waals surface area contributed by atoms with Gasteiger partial charge in [0, 0.05) is 33.1 Å². The first-order valence-electron chi connectivity index (χ1n) is 5.01. The first-order chi connectivity index (χ1) is 7.04. The first kappa shape index (κ1) is 18.8. The minimum Gasteiger partial charge on any atom is -0.502 e. The minimum absolute atomic E-state index is 0. The van der Waals surface area contributed by atoms with Crippen LogP contribution in [0.1, 0.15) is 27.7 Å². The van der Waals surface area contributed by atoms with Crippen molar-refractivity contribution in [2.75, 3.05) is 13.2 Å². The van der Waals surface area contributed by atoms with Gasteiger partial charge in [0.25, 0.3) is 0 Å². The normalized spacial score (nSPS) is 12.7. The Kier molecular flexibility index (Phi) is 12.5. The third kappa shape index (κ3) is 6.94. The Labute approximate surface area is 115 Å². The minimum atomic E-state index is -1.13. The molecule has 0 saturated heterocycles. The predicted molar refractivity (Wildman–Crippen MR) is 62.9 cm³/mol. The van der Waals surface area contributed by atoms with Crippen LogP contribution in [0.2, 0.25) is 0 Å². The van der Waals surface area contributed by atoms with E-state index in [1.54, 1.807) is 0 Å². The predicted octanol–water partition coefficient (Wildman–Crippen LogP) is 3.07. The molecule has 0 fully saturated rings. The fourth-order valence-electron chi connectivity index (χ4n) is 1.31. The molecular formula is C10H20N2O2PW-. The number of hydrogen-bond acceptors (Lipinski definition) is 3. The second-order valence-corrected chi connectivity index (χ2v) is 5.10. The SMILES string of the molecule is [C-]#[N+]CCOP(O[CH2-])N(C(C)C)C(C)C.[W]. The standard InChI is InChI=1S/C10H20N2O2P.W/c1-9(2)12(10(3)4)15(13-6)14-8-7-11-5;/h9-10H,6-8H2,1-4H3;/q-1;. The van der Waals surface area contributed by atoms with E-state index in [-0.39, 0.29) is 21.1 Å². The molecule has 1 atom stereocenters. The monoisotopic (exact) mass is 415 g/mol. The first-order valence-corrected chi connectivity index (χ1v) is 6.14. The third-order valence-corrected chi connectivity index (χ3v) is 3.69. The second-order valence-electron chi connectivity index (χ2n) is 3.65. The number of rotatable bonds is 7. The molecule has 0 N–H and O–H groups in total. The summed E-state index contributed by atoms with van der Waals surface area (Å²) in [7, 11) is 2.30. The molecule has 0 amide bonds. The van der Waals surface area contributed by atoms with E-state index in [4.69, 9.17) is 15.6 Å². The smallest absolute Gasteiger partial charge is 0.238 e. The van der Waals surface area contributed by atoms with Crippen LogP contribution in [0.5, 0.6) is 0 Å². The summed E-state index contributed by atoms with van der Waals surface area (Å²) < 4.78 is 12.7. The molecule has 0 aromatic heterocycles. The molecule has 0 aliphatic rings. The fourth-order valence-corrected chi connectivity index (χ4v) is 2.64. The van der Waals surface area contributed by atoms with Crippen molar-refractivity contribution in [3.05, 3.63) is 18.5 Å². The molecule has 0 bridgehead atoms. The van der Waals surface area contributed by atoms with Crippen LogP contribution in [0.4, 0.5) is 0 Å². The van der Waals surface area contributed by atoms with Gasteiger partial charge in [-0.25, -0.2) is 18.4 Å². The summed E-state index contributed by atoms with van der Waals surface area (Å²) in [5, 5.41) is 0. The van der Waals surface area contributed by atoms with Crippen LogP contribution in [0.25, 0.3) is 4.85 Å². The van der Waals surface area contributed by atoms with Crippen molar-refractivity contribution < 1.29 is 30.1 Å². The third-order valence-electron chi connectivity index (χ3n) is 1.76. The van der Waals surface area contributed by atoms with Crippen molar-refractivity contribution >= 4 is 8.53 Å². The van der Waals surface area contributed by atoms with E-state index >= 15 is 0 Å². The van der Waals surface area contributed by atoms with Crippen LogP contribution in [-0.2, 0) is 30.1 Å². The average molecular weight is 415 g/mol. The zero-order chi connectivity index (χ0) is 11.8. The molecule has 0 aromatic rings. The zero-order valence-corrected chi connectivity index (χ0v) is 14.2. The van der Waals surface area contributed by atoms with Gasteiger partial charge < -0.3 is 13.9 Å². The summed E-state index contributed by atoms with van der Waals surface area (Å²) in [5.74, 6) is 0. The summed E-state index contributed by atoms with van der Waals surface area (Å²) in [4.78, 5) is 3.23. The molecule has 0 radical (unpaired) electrons. The summed E-state index contributed by atoms with van der Waals surface area (Å²) in [6, 6.07) is 0.677. The molecule has 0 saturated carbocycles. The average Bonchev–Trinajstić information content (AvgIpc) is 2.15. The summed E-state index contributed by atoms with van der Waals surface area (Å²) in [5.41, 5.74) is 0. The maximum atomic E-state index is 6.66. The van der Waals surface area contributed by atoms with Crippen molar-refractivity contribution in [1.82, 2.24) is 4.67 Å². The summed E-state index contributed by atoms with van der Waals surface area (Å²) >= 11 is 0. The Morgan fingerprint density at radius 1 is 1.31 bits per heavy atom. The maximum absolute atomic E-state index is 6.66. The van der Waals surface area contributed by atoms with E-state index in [1.807, 2.05) is 0 Å². The molecule has 94 valence electrons. The Hall–Kier alpha value is 0.488. The van der Waals surface area contributed by atoms with Gasteiger partial charge in [0.15, 0.2) is 0 Å². The molecular weight excluding hydrogens is 395 g/mol. The van der Waals surface area contributed by atoms with Crippen LogP contribution < -0.4 is 0 Å². The molecule has 1 unspecified atom stereocenters. The topological polar surface area (TPSA) is 26.1 Å². The molecule has 0 heterocycles. The molecule has 6 heteroatoms. The van der Waals surface area contributed by atoms with Gasteiger partial charge >= 0.3 is 0 Å². The van der Waals surface area contributed by atoms with E-state index in [0.29, 0.717) is 25.2 Å². The van der Waals surface area contributed by atoms with Gasteiger partial charge in [0.1, 0.15) is 6.61 Å². The van der Waals surface area contributed by atoms with Gasteiger partial charge in [-0.1, -0.05) is 0 Å². The second kappa shape index (κ2) is 10.6. The van der Waals surface area contributed by atoms with Crippen LogP contribution in [0, 0.1) is 13.7 Å². The molecule has 0 aromatic carbocycles. The van der Waals surface area contributed by atoms with E-state index in [1.165, 1.54) is 0 Å². The van der Waals surface area contributed by atoms with Crippen LogP contribution in [0.3, 0.4) is 0 Å². The van der Waals surface area contributed by atoms with Gasteiger partial charge in [-0.3, -0.25) is 0 Å². The molecule has 0 aliphatic carbocycles. The van der Waals surface area contributed by atoms with E-state index in [9.17, 15) is 0 Å². The van der Waals surface area contributed by atoms with Crippen LogP contribution in [0.15, 0.2) is 0 Å². The van der Waals surface area contributed by atoms with Gasteiger partial charge in [-0.2, -0.15) is 0 Å². The molecule has 0 aliphatic heterocycles. The Bertz CT molecular complexity index is 201. The maximum Gasteiger partial charge on any atom is 0.238 e. The van der Waals surface area contributed by atoms with Gasteiger partial charge in [0.2, 0.25) is 15.1 Å². The van der Waals surface area contributed by atoms with Gasteiger partial charge in [-0.15, -0.1) is 0 Å². The summed E-state index contributed by atoms with van der Waals surface area (Å²) in [6.07, 6.45) is 0. The molecule has 0 spiro atoms. The van der Waals surface area contributed by atoms with Gasteiger partial charge in [0.05, 0.1) is 0 Å². The van der Waals surface area contributed by atoms with Crippen LogP contribution in [-0.4, -0.2) is 29.9 Å². The Morgan fingerprint density at radius 2 is 1.81 bits per heavy atom. The molecule has 16 heavy (non-hydrogen) atoms.